The molecule has 0 aliphatic heterocycles. The van der Waals surface area contributed by atoms with Gasteiger partial charge in [-0.2, -0.15) is 10.4 Å². The third-order valence-corrected chi connectivity index (χ3v) is 1.88. The van der Waals surface area contributed by atoms with Gasteiger partial charge in [0.2, 0.25) is 0 Å². The second kappa shape index (κ2) is 2.87. The van der Waals surface area contributed by atoms with Gasteiger partial charge in [0.1, 0.15) is 5.82 Å². The molecule has 64 valence electrons. The molecule has 0 saturated heterocycles. The van der Waals surface area contributed by atoms with Crippen molar-refractivity contribution < 1.29 is 4.39 Å². The van der Waals surface area contributed by atoms with E-state index < -0.39 is 0 Å². The lowest BCUT2D eigenvalue weighted by Gasteiger charge is -1.96. The van der Waals surface area contributed by atoms with Crippen molar-refractivity contribution in [1.29, 1.82) is 5.26 Å². The fourth-order valence-corrected chi connectivity index (χ4v) is 1.23. The highest BCUT2D eigenvalue weighted by molar-refractivity contribution is 5.78. The molecular formula is C9H6FN3. The molecule has 0 aliphatic rings. The van der Waals surface area contributed by atoms with Crippen LogP contribution >= 0.6 is 0 Å². The van der Waals surface area contributed by atoms with Crippen LogP contribution in [0.15, 0.2) is 18.3 Å². The summed E-state index contributed by atoms with van der Waals surface area (Å²) in [7, 11) is 0. The van der Waals surface area contributed by atoms with Gasteiger partial charge in [0.05, 0.1) is 24.2 Å². The van der Waals surface area contributed by atoms with E-state index in [1.807, 2.05) is 6.07 Å². The van der Waals surface area contributed by atoms with Crippen LogP contribution in [0.25, 0.3) is 10.9 Å². The molecule has 0 aliphatic carbocycles. The zero-order chi connectivity index (χ0) is 9.26. The minimum Gasteiger partial charge on any atom is -0.278 e. The van der Waals surface area contributed by atoms with Crippen molar-refractivity contribution in [3.05, 3.63) is 29.7 Å². The van der Waals surface area contributed by atoms with Crippen molar-refractivity contribution >= 4 is 10.9 Å². The number of aromatic amines is 1. The smallest absolute Gasteiger partial charge is 0.129 e. The predicted octanol–water partition coefficient (Wildman–Crippen LogP) is 1.77. The molecule has 0 unspecified atom stereocenters. The number of nitriles is 1. The lowest BCUT2D eigenvalue weighted by molar-refractivity contribution is 0.617. The van der Waals surface area contributed by atoms with Crippen LogP contribution in [-0.2, 0) is 6.42 Å². The molecular weight excluding hydrogens is 169 g/mol. The van der Waals surface area contributed by atoms with Crippen LogP contribution in [0.5, 0.6) is 0 Å². The molecule has 1 N–H and O–H groups in total. The molecule has 1 aromatic heterocycles. The van der Waals surface area contributed by atoms with Gasteiger partial charge >= 0.3 is 0 Å². The van der Waals surface area contributed by atoms with E-state index in [-0.39, 0.29) is 12.2 Å². The van der Waals surface area contributed by atoms with Gasteiger partial charge in [0.15, 0.2) is 0 Å². The van der Waals surface area contributed by atoms with Crippen LogP contribution in [0.4, 0.5) is 4.39 Å². The average molecular weight is 175 g/mol. The number of aromatic nitrogens is 2. The summed E-state index contributed by atoms with van der Waals surface area (Å²) in [6, 6.07) is 4.90. The van der Waals surface area contributed by atoms with Gasteiger partial charge in [-0.3, -0.25) is 5.10 Å². The summed E-state index contributed by atoms with van der Waals surface area (Å²) in [6.07, 6.45) is 1.70. The van der Waals surface area contributed by atoms with Crippen LogP contribution < -0.4 is 0 Å². The Hall–Kier alpha value is -1.89. The highest BCUT2D eigenvalue weighted by Crippen LogP contribution is 2.16. The summed E-state index contributed by atoms with van der Waals surface area (Å²) < 4.78 is 13.2. The van der Waals surface area contributed by atoms with E-state index in [1.165, 1.54) is 6.07 Å². The predicted molar refractivity (Wildman–Crippen MR) is 45.4 cm³/mol. The van der Waals surface area contributed by atoms with Gasteiger partial charge in [-0.25, -0.2) is 4.39 Å². The molecule has 1 aromatic carbocycles. The summed E-state index contributed by atoms with van der Waals surface area (Å²) in [6.45, 7) is 0. The lowest BCUT2D eigenvalue weighted by Crippen LogP contribution is -1.87. The molecule has 3 nitrogen and oxygen atoms in total. The topological polar surface area (TPSA) is 52.5 Å². The van der Waals surface area contributed by atoms with E-state index in [1.54, 1.807) is 12.3 Å². The molecule has 13 heavy (non-hydrogen) atoms. The maximum atomic E-state index is 13.2. The van der Waals surface area contributed by atoms with Crippen LogP contribution in [0, 0.1) is 17.1 Å². The molecule has 1 heterocycles. The number of nitrogens with one attached hydrogen (secondary N) is 1. The van der Waals surface area contributed by atoms with Gasteiger partial charge in [0.25, 0.3) is 0 Å². The lowest BCUT2D eigenvalue weighted by atomic mass is 10.1. The first kappa shape index (κ1) is 7.74. The van der Waals surface area contributed by atoms with Crippen molar-refractivity contribution in [2.75, 3.05) is 0 Å². The zero-order valence-electron chi connectivity index (χ0n) is 6.71. The number of H-pyrrole nitrogens is 1. The zero-order valence-corrected chi connectivity index (χ0v) is 6.71. The SMILES string of the molecule is N#CCc1cc2cn[nH]c2cc1F. The minimum atomic E-state index is -0.363. The molecule has 2 aromatic rings. The van der Waals surface area contributed by atoms with Gasteiger partial charge in [-0.1, -0.05) is 0 Å². The summed E-state index contributed by atoms with van der Waals surface area (Å²) in [5, 5.41) is 15.7. The van der Waals surface area contributed by atoms with Crippen LogP contribution in [-0.4, -0.2) is 10.2 Å². The molecule has 0 atom stereocenters. The van der Waals surface area contributed by atoms with Crippen molar-refractivity contribution in [2.24, 2.45) is 0 Å². The number of hydrogen-bond acceptors (Lipinski definition) is 2. The van der Waals surface area contributed by atoms with Crippen LogP contribution in [0.3, 0.4) is 0 Å². The van der Waals surface area contributed by atoms with Crippen molar-refractivity contribution in [2.45, 2.75) is 6.42 Å². The highest BCUT2D eigenvalue weighted by Gasteiger charge is 2.04. The first-order valence-corrected chi connectivity index (χ1v) is 3.79. The fourth-order valence-electron chi connectivity index (χ4n) is 1.23. The molecule has 0 fully saturated rings. The second-order valence-electron chi connectivity index (χ2n) is 2.74. The van der Waals surface area contributed by atoms with Crippen molar-refractivity contribution in [3.63, 3.8) is 0 Å². The van der Waals surface area contributed by atoms with Gasteiger partial charge < -0.3 is 0 Å². The standard InChI is InChI=1S/C9H6FN3/c10-8-4-9-7(5-12-13-9)3-6(8)1-2-11/h3-5H,1H2,(H,12,13). The molecule has 0 amide bonds. The summed E-state index contributed by atoms with van der Waals surface area (Å²) in [5.41, 5.74) is 1.07. The first-order chi connectivity index (χ1) is 6.31. The molecule has 0 bridgehead atoms. The Labute approximate surface area is 73.8 Å². The van der Waals surface area contributed by atoms with E-state index in [0.29, 0.717) is 11.1 Å². The summed E-state index contributed by atoms with van der Waals surface area (Å²) in [5.74, 6) is -0.363. The van der Waals surface area contributed by atoms with Crippen LogP contribution in [0.1, 0.15) is 5.56 Å². The largest absolute Gasteiger partial charge is 0.278 e. The number of fused-ring (bicyclic) bond motifs is 1. The number of rotatable bonds is 1. The van der Waals surface area contributed by atoms with Crippen molar-refractivity contribution in [1.82, 2.24) is 10.2 Å². The molecule has 2 rings (SSSR count). The number of hydrogen-bond donors (Lipinski definition) is 1. The number of benzene rings is 1. The number of halogens is 1. The molecule has 4 heteroatoms. The third-order valence-electron chi connectivity index (χ3n) is 1.88. The maximum Gasteiger partial charge on any atom is 0.129 e. The Morgan fingerprint density at radius 1 is 1.54 bits per heavy atom. The Morgan fingerprint density at radius 3 is 3.15 bits per heavy atom. The maximum absolute atomic E-state index is 13.2. The quantitative estimate of drug-likeness (QED) is 0.718. The minimum absolute atomic E-state index is 0.0902. The Bertz CT molecular complexity index is 481. The molecule has 0 spiro atoms. The van der Waals surface area contributed by atoms with Gasteiger partial charge in [-0.15, -0.1) is 0 Å². The Kier molecular flexibility index (Phi) is 1.71. The third kappa shape index (κ3) is 1.25. The summed E-state index contributed by atoms with van der Waals surface area (Å²) in [4.78, 5) is 0. The van der Waals surface area contributed by atoms with Gasteiger partial charge in [-0.05, 0) is 12.1 Å². The van der Waals surface area contributed by atoms with Crippen LogP contribution in [0.2, 0.25) is 0 Å². The summed E-state index contributed by atoms with van der Waals surface area (Å²) >= 11 is 0. The van der Waals surface area contributed by atoms with E-state index in [2.05, 4.69) is 10.2 Å². The fraction of sp³-hybridized carbons (Fsp3) is 0.111. The molecule has 0 saturated carbocycles. The van der Waals surface area contributed by atoms with E-state index in [4.69, 9.17) is 5.26 Å². The molecule has 0 radical (unpaired) electrons. The van der Waals surface area contributed by atoms with E-state index >= 15 is 0 Å². The highest BCUT2D eigenvalue weighted by atomic mass is 19.1. The van der Waals surface area contributed by atoms with Gasteiger partial charge in [0, 0.05) is 10.9 Å². The normalized spacial score (nSPS) is 10.2. The Balaban J connectivity index is 2.64. The monoisotopic (exact) mass is 175 g/mol. The average Bonchev–Trinajstić information content (AvgIpc) is 2.52. The van der Waals surface area contributed by atoms with E-state index in [9.17, 15) is 4.39 Å². The number of nitrogens with zero attached hydrogens (tertiary/aromatic N) is 2. The Morgan fingerprint density at radius 2 is 2.38 bits per heavy atom. The van der Waals surface area contributed by atoms with Crippen molar-refractivity contribution in [3.8, 4) is 6.07 Å². The second-order valence-corrected chi connectivity index (χ2v) is 2.74. The van der Waals surface area contributed by atoms with E-state index in [0.717, 1.165) is 5.39 Å². The first-order valence-electron chi connectivity index (χ1n) is 3.79.